The van der Waals surface area contributed by atoms with Crippen LogP contribution in [0.1, 0.15) is 13.8 Å². The fraction of sp³-hybridized carbons (Fsp3) is 0.357. The van der Waals surface area contributed by atoms with Gasteiger partial charge in [0.05, 0.1) is 18.1 Å². The molecular formula is C14H19N5O2. The van der Waals surface area contributed by atoms with Gasteiger partial charge < -0.3 is 15.7 Å². The molecule has 0 aliphatic rings. The van der Waals surface area contributed by atoms with Gasteiger partial charge in [-0.15, -0.1) is 5.10 Å². The zero-order valence-electron chi connectivity index (χ0n) is 12.0. The largest absolute Gasteiger partial charge is 0.396 e. The van der Waals surface area contributed by atoms with E-state index in [0.29, 0.717) is 5.69 Å². The summed E-state index contributed by atoms with van der Waals surface area (Å²) in [5.74, 6) is 0.00504. The number of aromatic nitrogens is 3. The lowest BCUT2D eigenvalue weighted by Crippen LogP contribution is -2.40. The van der Waals surface area contributed by atoms with Crippen molar-refractivity contribution in [2.24, 2.45) is 5.92 Å². The fourth-order valence-corrected chi connectivity index (χ4v) is 1.72. The fourth-order valence-electron chi connectivity index (χ4n) is 1.72. The normalized spacial score (nSPS) is 13.5. The van der Waals surface area contributed by atoms with Crippen LogP contribution in [-0.4, -0.2) is 38.8 Å². The first-order valence-electron chi connectivity index (χ1n) is 6.75. The number of carbonyl (C=O) groups is 1. The standard InChI is InChI=1S/C14H19N5O2/c1-10(9-20)11(2)16-14(21)17-12-3-5-13(6-4-12)19-8-7-15-18-19/h3-8,10-11,20H,9H2,1-2H3,(H2,16,17,21). The maximum atomic E-state index is 11.8. The SMILES string of the molecule is CC(CO)C(C)NC(=O)Nc1ccc(-n2ccnn2)cc1. The minimum Gasteiger partial charge on any atom is -0.396 e. The molecule has 2 aromatic rings. The topological polar surface area (TPSA) is 92.1 Å². The van der Waals surface area contributed by atoms with E-state index in [2.05, 4.69) is 20.9 Å². The predicted molar refractivity (Wildman–Crippen MR) is 79.2 cm³/mol. The molecule has 0 aliphatic heterocycles. The Morgan fingerprint density at radius 3 is 2.62 bits per heavy atom. The van der Waals surface area contributed by atoms with Crippen LogP contribution >= 0.6 is 0 Å². The van der Waals surface area contributed by atoms with Gasteiger partial charge in [-0.1, -0.05) is 12.1 Å². The first-order chi connectivity index (χ1) is 10.1. The van der Waals surface area contributed by atoms with Crippen LogP contribution in [0.2, 0.25) is 0 Å². The number of nitrogens with zero attached hydrogens (tertiary/aromatic N) is 3. The monoisotopic (exact) mass is 289 g/mol. The van der Waals surface area contributed by atoms with E-state index in [1.165, 1.54) is 0 Å². The van der Waals surface area contributed by atoms with Crippen LogP contribution in [0.5, 0.6) is 0 Å². The third kappa shape index (κ3) is 4.03. The number of benzene rings is 1. The summed E-state index contributed by atoms with van der Waals surface area (Å²) in [4.78, 5) is 11.8. The molecule has 2 unspecified atom stereocenters. The highest BCUT2D eigenvalue weighted by atomic mass is 16.3. The van der Waals surface area contributed by atoms with E-state index in [-0.39, 0.29) is 24.6 Å². The highest BCUT2D eigenvalue weighted by Gasteiger charge is 2.13. The van der Waals surface area contributed by atoms with Gasteiger partial charge in [0.2, 0.25) is 0 Å². The molecule has 3 N–H and O–H groups in total. The number of aliphatic hydroxyl groups excluding tert-OH is 1. The van der Waals surface area contributed by atoms with Gasteiger partial charge in [0.15, 0.2) is 0 Å². The molecule has 7 nitrogen and oxygen atoms in total. The van der Waals surface area contributed by atoms with Crippen molar-refractivity contribution in [3.05, 3.63) is 36.7 Å². The van der Waals surface area contributed by atoms with Crippen LogP contribution in [0, 0.1) is 5.92 Å². The average molecular weight is 289 g/mol. The summed E-state index contributed by atoms with van der Waals surface area (Å²) >= 11 is 0. The molecule has 0 saturated heterocycles. The number of nitrogens with one attached hydrogen (secondary N) is 2. The Balaban J connectivity index is 1.93. The van der Waals surface area contributed by atoms with Crippen molar-refractivity contribution in [1.82, 2.24) is 20.3 Å². The molecule has 21 heavy (non-hydrogen) atoms. The molecular weight excluding hydrogens is 270 g/mol. The van der Waals surface area contributed by atoms with E-state index in [1.807, 2.05) is 26.0 Å². The Bertz CT molecular complexity index is 568. The third-order valence-electron chi connectivity index (χ3n) is 3.31. The molecule has 0 fully saturated rings. The van der Waals surface area contributed by atoms with Crippen molar-refractivity contribution in [1.29, 1.82) is 0 Å². The van der Waals surface area contributed by atoms with Crippen LogP contribution in [0.3, 0.4) is 0 Å². The summed E-state index contributed by atoms with van der Waals surface area (Å²) in [6.45, 7) is 3.76. The highest BCUT2D eigenvalue weighted by molar-refractivity contribution is 5.89. The summed E-state index contributed by atoms with van der Waals surface area (Å²) in [5, 5.41) is 22.2. The predicted octanol–water partition coefficient (Wildman–Crippen LogP) is 1.41. The second kappa shape index (κ2) is 6.85. The number of carbonyl (C=O) groups excluding carboxylic acids is 1. The lowest BCUT2D eigenvalue weighted by atomic mass is 10.1. The molecule has 7 heteroatoms. The lowest BCUT2D eigenvalue weighted by molar-refractivity contribution is 0.204. The molecule has 0 saturated carbocycles. The van der Waals surface area contributed by atoms with Gasteiger partial charge in [-0.25, -0.2) is 9.48 Å². The van der Waals surface area contributed by atoms with E-state index < -0.39 is 0 Å². The molecule has 0 aliphatic carbocycles. The third-order valence-corrected chi connectivity index (χ3v) is 3.31. The first kappa shape index (κ1) is 15.0. The van der Waals surface area contributed by atoms with Crippen LogP contribution < -0.4 is 10.6 Å². The summed E-state index contributed by atoms with van der Waals surface area (Å²) < 4.78 is 1.63. The van der Waals surface area contributed by atoms with Crippen LogP contribution in [0.4, 0.5) is 10.5 Å². The van der Waals surface area contributed by atoms with Crippen molar-refractivity contribution < 1.29 is 9.90 Å². The number of hydrogen-bond donors (Lipinski definition) is 3. The van der Waals surface area contributed by atoms with Gasteiger partial charge in [-0.05, 0) is 37.1 Å². The minimum atomic E-state index is -0.295. The summed E-state index contributed by atoms with van der Waals surface area (Å²) in [6.07, 6.45) is 3.34. The van der Waals surface area contributed by atoms with Gasteiger partial charge in [0, 0.05) is 18.3 Å². The zero-order valence-corrected chi connectivity index (χ0v) is 12.0. The highest BCUT2D eigenvalue weighted by Crippen LogP contribution is 2.12. The second-order valence-corrected chi connectivity index (χ2v) is 4.94. The molecule has 0 spiro atoms. The molecule has 0 radical (unpaired) electrons. The zero-order chi connectivity index (χ0) is 15.2. The molecule has 1 heterocycles. The molecule has 2 amide bonds. The van der Waals surface area contributed by atoms with Gasteiger partial charge in [0.25, 0.3) is 0 Å². The Hall–Kier alpha value is -2.41. The van der Waals surface area contributed by atoms with Crippen molar-refractivity contribution in [3.63, 3.8) is 0 Å². The number of anilines is 1. The van der Waals surface area contributed by atoms with Crippen molar-refractivity contribution in [2.75, 3.05) is 11.9 Å². The number of urea groups is 1. The minimum absolute atomic E-state index is 0.00504. The molecule has 0 bridgehead atoms. The van der Waals surface area contributed by atoms with Gasteiger partial charge in [0.1, 0.15) is 0 Å². The Morgan fingerprint density at radius 2 is 2.05 bits per heavy atom. The molecule has 1 aromatic carbocycles. The van der Waals surface area contributed by atoms with Gasteiger partial charge >= 0.3 is 6.03 Å². The second-order valence-electron chi connectivity index (χ2n) is 4.94. The lowest BCUT2D eigenvalue weighted by Gasteiger charge is -2.19. The van der Waals surface area contributed by atoms with Crippen LogP contribution in [0.15, 0.2) is 36.7 Å². The quantitative estimate of drug-likeness (QED) is 0.776. The van der Waals surface area contributed by atoms with Crippen molar-refractivity contribution >= 4 is 11.7 Å². The van der Waals surface area contributed by atoms with E-state index in [4.69, 9.17) is 5.11 Å². The molecule has 1 aromatic heterocycles. The Morgan fingerprint density at radius 1 is 1.33 bits per heavy atom. The van der Waals surface area contributed by atoms with E-state index >= 15 is 0 Å². The van der Waals surface area contributed by atoms with E-state index in [1.54, 1.807) is 29.2 Å². The summed E-state index contributed by atoms with van der Waals surface area (Å²) in [7, 11) is 0. The smallest absolute Gasteiger partial charge is 0.319 e. The number of rotatable bonds is 5. The van der Waals surface area contributed by atoms with Gasteiger partial charge in [-0.3, -0.25) is 0 Å². The van der Waals surface area contributed by atoms with Crippen molar-refractivity contribution in [3.8, 4) is 5.69 Å². The molecule has 112 valence electrons. The Kier molecular flexibility index (Phi) is 4.89. The van der Waals surface area contributed by atoms with E-state index in [0.717, 1.165) is 5.69 Å². The maximum Gasteiger partial charge on any atom is 0.319 e. The van der Waals surface area contributed by atoms with Crippen LogP contribution in [-0.2, 0) is 0 Å². The summed E-state index contributed by atoms with van der Waals surface area (Å²) in [5.41, 5.74) is 1.54. The maximum absolute atomic E-state index is 11.8. The first-order valence-corrected chi connectivity index (χ1v) is 6.75. The molecule has 2 atom stereocenters. The van der Waals surface area contributed by atoms with Gasteiger partial charge in [-0.2, -0.15) is 0 Å². The molecule has 2 rings (SSSR count). The number of amides is 2. The average Bonchev–Trinajstić information content (AvgIpc) is 3.01. The van der Waals surface area contributed by atoms with Crippen molar-refractivity contribution in [2.45, 2.75) is 19.9 Å². The number of aliphatic hydroxyl groups is 1. The summed E-state index contributed by atoms with van der Waals surface area (Å²) in [6, 6.07) is 6.85. The van der Waals surface area contributed by atoms with E-state index in [9.17, 15) is 4.79 Å². The Labute approximate surface area is 123 Å². The number of hydrogen-bond acceptors (Lipinski definition) is 4. The van der Waals surface area contributed by atoms with Crippen LogP contribution in [0.25, 0.3) is 5.69 Å².